The van der Waals surface area contributed by atoms with Crippen LogP contribution in [-0.2, 0) is 0 Å². The molecule has 142 valence electrons. The molecule has 5 heterocycles. The SMILES string of the molecule is Cc1cc2c(N3CCN(c4ccc5ncc([N+](=O)[O-])n5n4)CC3)ncnc2s1. The number of anilines is 2. The van der Waals surface area contributed by atoms with Crippen LogP contribution in [0.5, 0.6) is 0 Å². The van der Waals surface area contributed by atoms with E-state index in [1.54, 1.807) is 23.7 Å². The number of hydrogen-bond acceptors (Lipinski definition) is 9. The van der Waals surface area contributed by atoms with Gasteiger partial charge in [0.25, 0.3) is 0 Å². The molecule has 4 aromatic rings. The number of hydrogen-bond donors (Lipinski definition) is 0. The van der Waals surface area contributed by atoms with E-state index in [0.717, 1.165) is 42.2 Å². The second-order valence-electron chi connectivity index (χ2n) is 6.58. The highest BCUT2D eigenvalue weighted by molar-refractivity contribution is 7.18. The van der Waals surface area contributed by atoms with E-state index in [-0.39, 0.29) is 5.82 Å². The maximum Gasteiger partial charge on any atom is 0.368 e. The molecule has 4 aromatic heterocycles. The number of imidazole rings is 1. The quantitative estimate of drug-likeness (QED) is 0.384. The third-order valence-electron chi connectivity index (χ3n) is 4.85. The molecule has 5 rings (SSSR count). The van der Waals surface area contributed by atoms with E-state index in [1.807, 2.05) is 6.07 Å². The molecule has 0 N–H and O–H groups in total. The van der Waals surface area contributed by atoms with E-state index in [1.165, 1.54) is 15.6 Å². The van der Waals surface area contributed by atoms with Crippen LogP contribution in [0.1, 0.15) is 4.88 Å². The van der Waals surface area contributed by atoms with Gasteiger partial charge in [-0.3, -0.25) is 0 Å². The van der Waals surface area contributed by atoms with Crippen molar-refractivity contribution in [3.63, 3.8) is 0 Å². The molecule has 0 spiro atoms. The highest BCUT2D eigenvalue weighted by atomic mass is 32.1. The fourth-order valence-electron chi connectivity index (χ4n) is 3.51. The van der Waals surface area contributed by atoms with E-state index in [0.29, 0.717) is 11.5 Å². The number of nitro groups is 1. The zero-order chi connectivity index (χ0) is 19.3. The monoisotopic (exact) mass is 396 g/mol. The Kier molecular flexibility index (Phi) is 3.83. The largest absolute Gasteiger partial charge is 0.368 e. The van der Waals surface area contributed by atoms with Crippen LogP contribution in [0.4, 0.5) is 17.5 Å². The molecule has 0 amide bonds. The number of aryl methyl sites for hydroxylation is 1. The van der Waals surface area contributed by atoms with Gasteiger partial charge in [0.15, 0.2) is 5.82 Å². The molecule has 11 heteroatoms. The maximum absolute atomic E-state index is 11.1. The summed E-state index contributed by atoms with van der Waals surface area (Å²) in [6.45, 7) is 5.13. The Morgan fingerprint density at radius 1 is 1.11 bits per heavy atom. The highest BCUT2D eigenvalue weighted by Crippen LogP contribution is 2.30. The van der Waals surface area contributed by atoms with Gasteiger partial charge in [0, 0.05) is 37.1 Å². The van der Waals surface area contributed by atoms with Gasteiger partial charge in [-0.25, -0.2) is 15.0 Å². The lowest BCUT2D eigenvalue weighted by Gasteiger charge is -2.35. The van der Waals surface area contributed by atoms with Crippen molar-refractivity contribution >= 4 is 44.7 Å². The van der Waals surface area contributed by atoms with E-state index >= 15 is 0 Å². The average Bonchev–Trinajstić information content (AvgIpc) is 3.29. The Hall–Kier alpha value is -3.34. The number of piperazine rings is 1. The molecule has 0 aromatic carbocycles. The summed E-state index contributed by atoms with van der Waals surface area (Å²) in [5.41, 5.74) is 0.463. The van der Waals surface area contributed by atoms with Crippen LogP contribution in [0.2, 0.25) is 0 Å². The van der Waals surface area contributed by atoms with Crippen molar-refractivity contribution in [3.05, 3.63) is 45.7 Å². The minimum atomic E-state index is -0.474. The van der Waals surface area contributed by atoms with Crippen molar-refractivity contribution in [2.45, 2.75) is 6.92 Å². The maximum atomic E-state index is 11.1. The van der Waals surface area contributed by atoms with Crippen LogP contribution in [0.3, 0.4) is 0 Å². The van der Waals surface area contributed by atoms with Crippen molar-refractivity contribution < 1.29 is 4.92 Å². The highest BCUT2D eigenvalue weighted by Gasteiger charge is 2.23. The second-order valence-corrected chi connectivity index (χ2v) is 7.82. The van der Waals surface area contributed by atoms with Crippen LogP contribution in [0, 0.1) is 17.0 Å². The standard InChI is InChI=1S/C17H16N8O2S/c1-11-8-12-16(19-10-20-17(12)28-11)23-6-4-22(5-7-23)14-3-2-13-18-9-15(25(26)27)24(13)21-14/h2-3,8-10H,4-7H2,1H3. The van der Waals surface area contributed by atoms with E-state index in [9.17, 15) is 10.1 Å². The summed E-state index contributed by atoms with van der Waals surface area (Å²) in [6.07, 6.45) is 2.85. The molecule has 0 bridgehead atoms. The molecular formula is C17H16N8O2S. The molecule has 10 nitrogen and oxygen atoms in total. The van der Waals surface area contributed by atoms with Gasteiger partial charge in [-0.15, -0.1) is 11.3 Å². The number of nitrogens with zero attached hydrogens (tertiary/aromatic N) is 8. The summed E-state index contributed by atoms with van der Waals surface area (Å²) in [4.78, 5) is 30.2. The lowest BCUT2D eigenvalue weighted by Crippen LogP contribution is -2.47. The molecule has 1 aliphatic heterocycles. The predicted octanol–water partition coefficient (Wildman–Crippen LogP) is 2.28. The van der Waals surface area contributed by atoms with Crippen molar-refractivity contribution in [3.8, 4) is 0 Å². The molecule has 0 aliphatic carbocycles. The van der Waals surface area contributed by atoms with Crippen molar-refractivity contribution in [2.24, 2.45) is 0 Å². The first kappa shape index (κ1) is 16.8. The lowest BCUT2D eigenvalue weighted by atomic mass is 10.2. The van der Waals surface area contributed by atoms with Crippen molar-refractivity contribution in [2.75, 3.05) is 36.0 Å². The number of fused-ring (bicyclic) bond motifs is 2. The predicted molar refractivity (Wildman–Crippen MR) is 106 cm³/mol. The lowest BCUT2D eigenvalue weighted by molar-refractivity contribution is -0.391. The van der Waals surface area contributed by atoms with Crippen molar-refractivity contribution in [1.82, 2.24) is 24.6 Å². The van der Waals surface area contributed by atoms with Gasteiger partial charge in [0.1, 0.15) is 23.2 Å². The van der Waals surface area contributed by atoms with Gasteiger partial charge in [0.05, 0.1) is 5.39 Å². The summed E-state index contributed by atoms with van der Waals surface area (Å²) in [5, 5.41) is 16.7. The number of rotatable bonds is 3. The average molecular weight is 396 g/mol. The van der Waals surface area contributed by atoms with Gasteiger partial charge in [-0.1, -0.05) is 9.61 Å². The molecular weight excluding hydrogens is 380 g/mol. The first-order valence-electron chi connectivity index (χ1n) is 8.80. The fourth-order valence-corrected chi connectivity index (χ4v) is 4.35. The van der Waals surface area contributed by atoms with E-state index in [2.05, 4.69) is 42.8 Å². The molecule has 0 saturated carbocycles. The van der Waals surface area contributed by atoms with Crippen molar-refractivity contribution in [1.29, 1.82) is 0 Å². The van der Waals surface area contributed by atoms with E-state index < -0.39 is 4.92 Å². The Bertz CT molecular complexity index is 1190. The molecule has 1 fully saturated rings. The van der Waals surface area contributed by atoms with Gasteiger partial charge < -0.3 is 19.9 Å². The third kappa shape index (κ3) is 2.71. The molecule has 28 heavy (non-hydrogen) atoms. The molecule has 0 unspecified atom stereocenters. The fraction of sp³-hybridized carbons (Fsp3) is 0.294. The van der Waals surface area contributed by atoms with Crippen LogP contribution in [0.25, 0.3) is 15.9 Å². The molecule has 0 atom stereocenters. The van der Waals surface area contributed by atoms with Gasteiger partial charge in [-0.2, -0.15) is 0 Å². The number of thiophene rings is 1. The van der Waals surface area contributed by atoms with Gasteiger partial charge >= 0.3 is 5.82 Å². The Morgan fingerprint density at radius 2 is 1.89 bits per heavy atom. The Morgan fingerprint density at radius 3 is 2.68 bits per heavy atom. The van der Waals surface area contributed by atoms with Gasteiger partial charge in [-0.05, 0) is 24.0 Å². The Balaban J connectivity index is 1.39. The van der Waals surface area contributed by atoms with Crippen LogP contribution < -0.4 is 9.80 Å². The zero-order valence-corrected chi connectivity index (χ0v) is 15.8. The summed E-state index contributed by atoms with van der Waals surface area (Å²) in [6, 6.07) is 5.74. The van der Waals surface area contributed by atoms with Crippen LogP contribution in [-0.4, -0.2) is 55.7 Å². The summed E-state index contributed by atoms with van der Waals surface area (Å²) in [7, 11) is 0. The topological polar surface area (TPSA) is 106 Å². The van der Waals surface area contributed by atoms with Crippen LogP contribution in [0.15, 0.2) is 30.7 Å². The minimum Gasteiger partial charge on any atom is -0.358 e. The molecule has 1 aliphatic rings. The van der Waals surface area contributed by atoms with E-state index in [4.69, 9.17) is 0 Å². The summed E-state index contributed by atoms with van der Waals surface area (Å²) < 4.78 is 1.28. The normalized spacial score (nSPS) is 14.9. The molecule has 0 radical (unpaired) electrons. The summed E-state index contributed by atoms with van der Waals surface area (Å²) >= 11 is 1.67. The zero-order valence-electron chi connectivity index (χ0n) is 15.0. The number of aromatic nitrogens is 5. The molecule has 1 saturated heterocycles. The Labute approximate surface area is 163 Å². The summed E-state index contributed by atoms with van der Waals surface area (Å²) in [5.74, 6) is 1.53. The second kappa shape index (κ2) is 6.37. The first-order valence-corrected chi connectivity index (χ1v) is 9.62. The first-order chi connectivity index (χ1) is 13.6. The smallest absolute Gasteiger partial charge is 0.358 e. The van der Waals surface area contributed by atoms with Crippen LogP contribution >= 0.6 is 11.3 Å². The minimum absolute atomic E-state index is 0.133. The van der Waals surface area contributed by atoms with Gasteiger partial charge in [0.2, 0.25) is 5.65 Å². The third-order valence-corrected chi connectivity index (χ3v) is 5.81.